The maximum Gasteiger partial charge on any atom is 0.303 e. The zero-order valence-corrected chi connectivity index (χ0v) is 21.5. The third-order valence-electron chi connectivity index (χ3n) is 5.33. The molecule has 0 amide bonds. The van der Waals surface area contributed by atoms with Crippen LogP contribution in [0.15, 0.2) is 57.9 Å². The summed E-state index contributed by atoms with van der Waals surface area (Å²) >= 11 is 3.34. The molecule has 1 unspecified atom stereocenters. The van der Waals surface area contributed by atoms with Crippen molar-refractivity contribution in [2.45, 2.75) is 76.7 Å². The van der Waals surface area contributed by atoms with Crippen LogP contribution in [0.5, 0.6) is 0 Å². The predicted octanol–water partition coefficient (Wildman–Crippen LogP) is 6.48. The highest BCUT2D eigenvalue weighted by atomic mass is 79.9. The Morgan fingerprint density at radius 2 is 1.62 bits per heavy atom. The highest BCUT2D eigenvalue weighted by molar-refractivity contribution is 9.10. The van der Waals surface area contributed by atoms with E-state index in [1.807, 2.05) is 24.3 Å². The first-order chi connectivity index (χ1) is 15.0. The summed E-state index contributed by atoms with van der Waals surface area (Å²) in [6.07, 6.45) is 5.17. The monoisotopic (exact) mass is 523 g/mol. The van der Waals surface area contributed by atoms with Crippen LogP contribution in [-0.4, -0.2) is 19.5 Å². The van der Waals surface area contributed by atoms with Crippen LogP contribution in [0.25, 0.3) is 0 Å². The summed E-state index contributed by atoms with van der Waals surface area (Å²) in [6, 6.07) is 14.1. The van der Waals surface area contributed by atoms with E-state index in [1.165, 1.54) is 0 Å². The molecular weight excluding hydrogens is 490 g/mol. The fourth-order valence-electron chi connectivity index (χ4n) is 3.53. The van der Waals surface area contributed by atoms with Crippen LogP contribution in [0.1, 0.15) is 76.5 Å². The zero-order chi connectivity index (χ0) is 23.8. The summed E-state index contributed by atoms with van der Waals surface area (Å²) in [7, 11) is -3.66. The van der Waals surface area contributed by atoms with E-state index >= 15 is 0 Å². The fourth-order valence-corrected chi connectivity index (χ4v) is 5.05. The van der Waals surface area contributed by atoms with Gasteiger partial charge in [0, 0.05) is 16.9 Å². The Morgan fingerprint density at radius 3 is 2.19 bits per heavy atom. The second-order valence-electron chi connectivity index (χ2n) is 9.42. The van der Waals surface area contributed by atoms with Crippen molar-refractivity contribution in [2.75, 3.05) is 0 Å². The van der Waals surface area contributed by atoms with Gasteiger partial charge in [-0.1, -0.05) is 73.8 Å². The van der Waals surface area contributed by atoms with Gasteiger partial charge in [0.25, 0.3) is 0 Å². The van der Waals surface area contributed by atoms with Gasteiger partial charge in [-0.15, -0.1) is 0 Å². The Bertz CT molecular complexity index is 964. The summed E-state index contributed by atoms with van der Waals surface area (Å²) in [5.74, 6) is -0.792. The molecule has 0 aliphatic carbocycles. The number of benzene rings is 2. The lowest BCUT2D eigenvalue weighted by atomic mass is 9.88. The third kappa shape index (κ3) is 9.43. The number of aryl methyl sites for hydroxylation is 1. The SMILES string of the molecule is CC(C)(C)CCCCC(NS(=O)(=O)c1ccc(Br)cc1)c1ccc(CCCC(=O)O)cc1. The van der Waals surface area contributed by atoms with Crippen LogP contribution in [0, 0.1) is 5.41 Å². The van der Waals surface area contributed by atoms with Crippen molar-refractivity contribution in [1.82, 2.24) is 4.72 Å². The topological polar surface area (TPSA) is 83.5 Å². The standard InChI is InChI=1S/C25H34BrNO4S/c1-25(2,3)18-5-4-8-23(27-32(30,31)22-16-14-21(26)15-17-22)20-12-10-19(11-13-20)7-6-9-24(28)29/h10-17,23,27H,4-9,18H2,1-3H3,(H,28,29). The lowest BCUT2D eigenvalue weighted by molar-refractivity contribution is -0.137. The van der Waals surface area contributed by atoms with E-state index in [1.54, 1.807) is 24.3 Å². The molecule has 2 N–H and O–H groups in total. The average Bonchev–Trinajstić information content (AvgIpc) is 2.70. The largest absolute Gasteiger partial charge is 0.481 e. The molecule has 0 saturated carbocycles. The molecule has 0 spiro atoms. The van der Waals surface area contributed by atoms with E-state index in [0.717, 1.165) is 34.9 Å². The molecule has 7 heteroatoms. The molecule has 2 aromatic carbocycles. The number of rotatable bonds is 12. The highest BCUT2D eigenvalue weighted by Gasteiger charge is 2.22. The van der Waals surface area contributed by atoms with E-state index in [4.69, 9.17) is 5.11 Å². The van der Waals surface area contributed by atoms with Gasteiger partial charge in [0.1, 0.15) is 0 Å². The molecule has 0 aliphatic rings. The molecular formula is C25H34BrNO4S. The van der Waals surface area contributed by atoms with Gasteiger partial charge in [0.05, 0.1) is 4.90 Å². The van der Waals surface area contributed by atoms with Gasteiger partial charge < -0.3 is 5.11 Å². The third-order valence-corrected chi connectivity index (χ3v) is 7.35. The second-order valence-corrected chi connectivity index (χ2v) is 12.1. The van der Waals surface area contributed by atoms with Crippen molar-refractivity contribution in [3.63, 3.8) is 0 Å². The van der Waals surface area contributed by atoms with E-state index in [0.29, 0.717) is 19.3 Å². The van der Waals surface area contributed by atoms with E-state index in [9.17, 15) is 13.2 Å². The Balaban J connectivity index is 2.14. The van der Waals surface area contributed by atoms with Gasteiger partial charge in [-0.3, -0.25) is 4.79 Å². The quantitative estimate of drug-likeness (QED) is 0.311. The van der Waals surface area contributed by atoms with E-state index in [-0.39, 0.29) is 22.8 Å². The molecule has 0 heterocycles. The minimum absolute atomic E-state index is 0.144. The summed E-state index contributed by atoms with van der Waals surface area (Å²) in [4.78, 5) is 11.0. The molecule has 0 bridgehead atoms. The van der Waals surface area contributed by atoms with Crippen molar-refractivity contribution in [2.24, 2.45) is 5.41 Å². The molecule has 32 heavy (non-hydrogen) atoms. The number of aliphatic carboxylic acids is 1. The van der Waals surface area contributed by atoms with Crippen molar-refractivity contribution in [3.8, 4) is 0 Å². The lowest BCUT2D eigenvalue weighted by Gasteiger charge is -2.22. The fraction of sp³-hybridized carbons (Fsp3) is 0.480. The molecule has 176 valence electrons. The van der Waals surface area contributed by atoms with Crippen LogP contribution in [0.2, 0.25) is 0 Å². The van der Waals surface area contributed by atoms with Crippen molar-refractivity contribution >= 4 is 31.9 Å². The number of sulfonamides is 1. The first-order valence-corrected chi connectivity index (χ1v) is 13.3. The minimum Gasteiger partial charge on any atom is -0.481 e. The molecule has 0 fully saturated rings. The average molecular weight is 525 g/mol. The molecule has 0 aliphatic heterocycles. The van der Waals surface area contributed by atoms with Crippen molar-refractivity contribution in [1.29, 1.82) is 0 Å². The van der Waals surface area contributed by atoms with Crippen LogP contribution in [0.4, 0.5) is 0 Å². The normalized spacial score (nSPS) is 13.1. The molecule has 5 nitrogen and oxygen atoms in total. The minimum atomic E-state index is -3.66. The van der Waals surface area contributed by atoms with Crippen LogP contribution in [-0.2, 0) is 21.2 Å². The van der Waals surface area contributed by atoms with Gasteiger partial charge in [-0.05, 0) is 66.5 Å². The molecule has 0 saturated heterocycles. The Hall–Kier alpha value is -1.70. The summed E-state index contributed by atoms with van der Waals surface area (Å²) < 4.78 is 29.7. The number of unbranched alkanes of at least 4 members (excludes halogenated alkanes) is 1. The van der Waals surface area contributed by atoms with Gasteiger partial charge in [-0.2, -0.15) is 0 Å². The maximum absolute atomic E-state index is 13.0. The molecule has 0 aromatic heterocycles. The molecule has 2 aromatic rings. The van der Waals surface area contributed by atoms with Crippen LogP contribution >= 0.6 is 15.9 Å². The van der Waals surface area contributed by atoms with Crippen molar-refractivity contribution in [3.05, 3.63) is 64.1 Å². The van der Waals surface area contributed by atoms with E-state index in [2.05, 4.69) is 41.4 Å². The number of carboxylic acid groups (broad SMARTS) is 1. The van der Waals surface area contributed by atoms with Crippen molar-refractivity contribution < 1.29 is 18.3 Å². The predicted molar refractivity (Wildman–Crippen MR) is 132 cm³/mol. The van der Waals surface area contributed by atoms with Gasteiger partial charge in [0.15, 0.2) is 0 Å². The van der Waals surface area contributed by atoms with Gasteiger partial charge in [-0.25, -0.2) is 13.1 Å². The Morgan fingerprint density at radius 1 is 1.00 bits per heavy atom. The molecule has 2 rings (SSSR count). The molecule has 0 radical (unpaired) electrons. The Labute approximate surface area is 200 Å². The van der Waals surface area contributed by atoms with Crippen LogP contribution in [0.3, 0.4) is 0 Å². The number of hydrogen-bond donors (Lipinski definition) is 2. The lowest BCUT2D eigenvalue weighted by Crippen LogP contribution is -2.28. The van der Waals surface area contributed by atoms with E-state index < -0.39 is 16.0 Å². The summed E-state index contributed by atoms with van der Waals surface area (Å²) in [5.41, 5.74) is 2.23. The first-order valence-electron chi connectivity index (χ1n) is 11.0. The number of carboxylic acids is 1. The number of hydrogen-bond acceptors (Lipinski definition) is 3. The maximum atomic E-state index is 13.0. The first kappa shape index (κ1) is 26.6. The number of nitrogens with one attached hydrogen (secondary N) is 1. The number of carbonyl (C=O) groups is 1. The molecule has 1 atom stereocenters. The smallest absolute Gasteiger partial charge is 0.303 e. The summed E-state index contributed by atoms with van der Waals surface area (Å²) in [5, 5.41) is 8.81. The zero-order valence-electron chi connectivity index (χ0n) is 19.1. The van der Waals surface area contributed by atoms with Gasteiger partial charge in [0.2, 0.25) is 10.0 Å². The van der Waals surface area contributed by atoms with Crippen LogP contribution < -0.4 is 4.72 Å². The van der Waals surface area contributed by atoms with Gasteiger partial charge >= 0.3 is 5.97 Å². The summed E-state index contributed by atoms with van der Waals surface area (Å²) in [6.45, 7) is 6.64. The Kier molecular flexibility index (Phi) is 9.92. The number of halogens is 1. The second kappa shape index (κ2) is 12.0. The highest BCUT2D eigenvalue weighted by Crippen LogP contribution is 2.27.